The molecule has 0 aliphatic carbocycles. The van der Waals surface area contributed by atoms with Gasteiger partial charge in [0.15, 0.2) is 0 Å². The number of aromatic nitrogens is 1. The molecule has 0 spiro atoms. The highest BCUT2D eigenvalue weighted by Crippen LogP contribution is 2.35. The van der Waals surface area contributed by atoms with Crippen molar-refractivity contribution >= 4 is 22.9 Å². The number of hydrogen-bond acceptors (Lipinski definition) is 3. The summed E-state index contributed by atoms with van der Waals surface area (Å²) in [6.07, 6.45) is 0. The van der Waals surface area contributed by atoms with Gasteiger partial charge in [0, 0.05) is 17.0 Å². The second kappa shape index (κ2) is 5.99. The van der Waals surface area contributed by atoms with Crippen LogP contribution in [-0.4, -0.2) is 12.0 Å². The summed E-state index contributed by atoms with van der Waals surface area (Å²) in [6.45, 7) is 5.01. The Balaban J connectivity index is 2.47. The predicted octanol–water partition coefficient (Wildman–Crippen LogP) is 4.45. The zero-order chi connectivity index (χ0) is 14.0. The maximum Gasteiger partial charge on any atom is 0.125 e. The van der Waals surface area contributed by atoms with Crippen molar-refractivity contribution in [2.24, 2.45) is 0 Å². The van der Waals surface area contributed by atoms with Crippen molar-refractivity contribution in [3.05, 3.63) is 39.6 Å². The highest BCUT2D eigenvalue weighted by Gasteiger charge is 2.16. The lowest BCUT2D eigenvalue weighted by atomic mass is 10.1. The minimum Gasteiger partial charge on any atom is -0.315 e. The van der Waals surface area contributed by atoms with Gasteiger partial charge in [0.1, 0.15) is 10.8 Å². The van der Waals surface area contributed by atoms with Gasteiger partial charge < -0.3 is 5.32 Å². The monoisotopic (exact) mass is 298 g/mol. The standard InChI is InChI=1S/C14H16ClFN2S/c1-8(2)13-12(7-17-3)19-14(18-13)10-5-4-9(16)6-11(10)15/h4-6,8,17H,7H2,1-3H3. The Morgan fingerprint density at radius 2 is 2.16 bits per heavy atom. The van der Waals surface area contributed by atoms with E-state index >= 15 is 0 Å². The fourth-order valence-electron chi connectivity index (χ4n) is 1.88. The quantitative estimate of drug-likeness (QED) is 0.902. The van der Waals surface area contributed by atoms with Gasteiger partial charge in [-0.05, 0) is 31.2 Å². The van der Waals surface area contributed by atoms with Crippen LogP contribution in [0.4, 0.5) is 4.39 Å². The van der Waals surface area contributed by atoms with Crippen molar-refractivity contribution < 1.29 is 4.39 Å². The van der Waals surface area contributed by atoms with Crippen molar-refractivity contribution in [1.82, 2.24) is 10.3 Å². The van der Waals surface area contributed by atoms with E-state index in [1.54, 1.807) is 17.4 Å². The lowest BCUT2D eigenvalue weighted by Crippen LogP contribution is -2.06. The van der Waals surface area contributed by atoms with Crippen LogP contribution in [0.25, 0.3) is 10.6 Å². The first kappa shape index (κ1) is 14.4. The Hall–Kier alpha value is -0.970. The van der Waals surface area contributed by atoms with Gasteiger partial charge in [0.25, 0.3) is 0 Å². The minimum atomic E-state index is -0.329. The summed E-state index contributed by atoms with van der Waals surface area (Å²) < 4.78 is 13.1. The summed E-state index contributed by atoms with van der Waals surface area (Å²) in [7, 11) is 1.91. The van der Waals surface area contributed by atoms with Crippen molar-refractivity contribution in [3.63, 3.8) is 0 Å². The van der Waals surface area contributed by atoms with Crippen LogP contribution in [0.2, 0.25) is 5.02 Å². The summed E-state index contributed by atoms with van der Waals surface area (Å²) >= 11 is 7.70. The van der Waals surface area contributed by atoms with E-state index in [0.29, 0.717) is 10.9 Å². The van der Waals surface area contributed by atoms with Crippen LogP contribution in [0.15, 0.2) is 18.2 Å². The van der Waals surface area contributed by atoms with Crippen LogP contribution in [0.1, 0.15) is 30.3 Å². The average Bonchev–Trinajstić information content (AvgIpc) is 2.73. The van der Waals surface area contributed by atoms with Crippen LogP contribution in [-0.2, 0) is 6.54 Å². The lowest BCUT2D eigenvalue weighted by Gasteiger charge is -2.03. The van der Waals surface area contributed by atoms with Gasteiger partial charge in [0.05, 0.1) is 10.7 Å². The normalized spacial score (nSPS) is 11.3. The maximum absolute atomic E-state index is 13.1. The molecule has 0 aliphatic heterocycles. The fraction of sp³-hybridized carbons (Fsp3) is 0.357. The highest BCUT2D eigenvalue weighted by molar-refractivity contribution is 7.15. The largest absolute Gasteiger partial charge is 0.315 e. The zero-order valence-electron chi connectivity index (χ0n) is 11.1. The first-order valence-corrected chi connectivity index (χ1v) is 7.32. The second-order valence-electron chi connectivity index (χ2n) is 4.64. The SMILES string of the molecule is CNCc1sc(-c2ccc(F)cc2Cl)nc1C(C)C. The molecular formula is C14H16ClFN2S. The van der Waals surface area contributed by atoms with Gasteiger partial charge >= 0.3 is 0 Å². The van der Waals surface area contributed by atoms with Gasteiger partial charge in [-0.3, -0.25) is 0 Å². The van der Waals surface area contributed by atoms with E-state index in [-0.39, 0.29) is 5.82 Å². The van der Waals surface area contributed by atoms with E-state index < -0.39 is 0 Å². The van der Waals surface area contributed by atoms with Gasteiger partial charge in [0.2, 0.25) is 0 Å². The van der Waals surface area contributed by atoms with Crippen molar-refractivity contribution in [2.75, 3.05) is 7.05 Å². The molecule has 0 amide bonds. The number of hydrogen-bond donors (Lipinski definition) is 1. The van der Waals surface area contributed by atoms with E-state index in [4.69, 9.17) is 11.6 Å². The highest BCUT2D eigenvalue weighted by atomic mass is 35.5. The first-order valence-electron chi connectivity index (χ1n) is 6.12. The molecule has 0 saturated heterocycles. The van der Waals surface area contributed by atoms with Crippen molar-refractivity contribution in [2.45, 2.75) is 26.3 Å². The molecule has 0 atom stereocenters. The summed E-state index contributed by atoms with van der Waals surface area (Å²) in [4.78, 5) is 5.86. The van der Waals surface area contributed by atoms with E-state index in [1.807, 2.05) is 7.05 Å². The molecule has 0 bridgehead atoms. The third-order valence-electron chi connectivity index (χ3n) is 2.77. The summed E-state index contributed by atoms with van der Waals surface area (Å²) in [5.74, 6) is 0.0254. The molecule has 0 aliphatic rings. The van der Waals surface area contributed by atoms with Crippen LogP contribution >= 0.6 is 22.9 Å². The zero-order valence-corrected chi connectivity index (χ0v) is 12.7. The molecule has 0 fully saturated rings. The number of nitrogens with zero attached hydrogens (tertiary/aromatic N) is 1. The molecule has 102 valence electrons. The topological polar surface area (TPSA) is 24.9 Å². The van der Waals surface area contributed by atoms with Gasteiger partial charge in [-0.1, -0.05) is 25.4 Å². The Bertz CT molecular complexity index is 581. The molecule has 19 heavy (non-hydrogen) atoms. The number of halogens is 2. The Morgan fingerprint density at radius 1 is 1.42 bits per heavy atom. The van der Waals surface area contributed by atoms with E-state index in [9.17, 15) is 4.39 Å². The van der Waals surface area contributed by atoms with E-state index in [0.717, 1.165) is 22.8 Å². The third kappa shape index (κ3) is 3.14. The molecule has 0 radical (unpaired) electrons. The molecule has 2 rings (SSSR count). The molecule has 0 saturated carbocycles. The van der Waals surface area contributed by atoms with Gasteiger partial charge in [-0.15, -0.1) is 11.3 Å². The Labute approximate surface area is 121 Å². The van der Waals surface area contributed by atoms with Crippen LogP contribution in [0, 0.1) is 5.82 Å². The maximum atomic E-state index is 13.1. The molecule has 2 aromatic rings. The molecule has 5 heteroatoms. The minimum absolute atomic E-state index is 0.329. The first-order chi connectivity index (χ1) is 9.02. The summed E-state index contributed by atoms with van der Waals surface area (Å²) in [6, 6.07) is 4.42. The van der Waals surface area contributed by atoms with Crippen molar-refractivity contribution in [1.29, 1.82) is 0 Å². The molecule has 0 unspecified atom stereocenters. The Kier molecular flexibility index (Phi) is 4.55. The number of thiazole rings is 1. The van der Waals surface area contributed by atoms with E-state index in [2.05, 4.69) is 24.1 Å². The third-order valence-corrected chi connectivity index (χ3v) is 4.19. The molecule has 1 N–H and O–H groups in total. The number of nitrogens with one attached hydrogen (secondary N) is 1. The average molecular weight is 299 g/mol. The molecule has 1 aromatic carbocycles. The fourth-order valence-corrected chi connectivity index (χ4v) is 3.46. The summed E-state index contributed by atoms with van der Waals surface area (Å²) in [5.41, 5.74) is 1.87. The number of rotatable bonds is 4. The Morgan fingerprint density at radius 3 is 2.74 bits per heavy atom. The van der Waals surface area contributed by atoms with Crippen LogP contribution in [0.5, 0.6) is 0 Å². The molecular weight excluding hydrogens is 283 g/mol. The van der Waals surface area contributed by atoms with Crippen LogP contribution in [0.3, 0.4) is 0 Å². The summed E-state index contributed by atoms with van der Waals surface area (Å²) in [5, 5.41) is 4.39. The lowest BCUT2D eigenvalue weighted by molar-refractivity contribution is 0.628. The molecule has 2 nitrogen and oxygen atoms in total. The predicted molar refractivity (Wildman–Crippen MR) is 79.4 cm³/mol. The molecule has 1 aromatic heterocycles. The second-order valence-corrected chi connectivity index (χ2v) is 6.13. The van der Waals surface area contributed by atoms with Crippen molar-refractivity contribution in [3.8, 4) is 10.6 Å². The van der Waals surface area contributed by atoms with Gasteiger partial charge in [-0.25, -0.2) is 9.37 Å². The smallest absolute Gasteiger partial charge is 0.125 e. The molecule has 1 heterocycles. The van der Waals surface area contributed by atoms with Crippen LogP contribution < -0.4 is 5.32 Å². The van der Waals surface area contributed by atoms with Gasteiger partial charge in [-0.2, -0.15) is 0 Å². The number of benzene rings is 1. The van der Waals surface area contributed by atoms with E-state index in [1.165, 1.54) is 17.0 Å².